The number of nitrogens with one attached hydrogen (secondary N) is 1. The van der Waals surface area contributed by atoms with E-state index in [-0.39, 0.29) is 7.43 Å². The highest BCUT2D eigenvalue weighted by Crippen LogP contribution is 2.19. The van der Waals surface area contributed by atoms with Gasteiger partial charge in [-0.1, -0.05) is 56.1 Å². The number of anilines is 2. The van der Waals surface area contributed by atoms with Gasteiger partial charge in [0.1, 0.15) is 26.8 Å². The van der Waals surface area contributed by atoms with Crippen molar-refractivity contribution >= 4 is 64.2 Å². The average Bonchev–Trinajstić information content (AvgIpc) is 2.79. The van der Waals surface area contributed by atoms with Crippen molar-refractivity contribution in [2.24, 2.45) is 11.5 Å². The first-order valence-corrected chi connectivity index (χ1v) is 14.3. The Morgan fingerprint density at radius 1 is 0.667 bits per heavy atom. The lowest BCUT2D eigenvalue weighted by atomic mass is 10.1. The van der Waals surface area contributed by atoms with Gasteiger partial charge >= 0.3 is 18.4 Å². The van der Waals surface area contributed by atoms with Crippen molar-refractivity contribution in [3.05, 3.63) is 58.7 Å². The number of carbonyl (C=O) groups excluding carboxylic acids is 3. The number of ether oxygens (including phenoxy) is 4. The molecule has 0 radical (unpaired) electrons. The smallest absolute Gasteiger partial charge is 0.444 e. The Kier molecular flexibility index (Phi) is 17.4. The molecule has 2 aromatic rings. The minimum atomic E-state index is -1.06. The third-order valence-electron chi connectivity index (χ3n) is 4.67. The first-order valence-electron chi connectivity index (χ1n) is 13.5. The molecule has 0 atom stereocenters. The number of benzene rings is 2. The minimum Gasteiger partial charge on any atom is -0.444 e. The molecular formula is C32H50N4O7S2. The highest BCUT2D eigenvalue weighted by molar-refractivity contribution is 7.80. The van der Waals surface area contributed by atoms with Crippen molar-refractivity contribution in [2.45, 2.75) is 100 Å². The van der Waals surface area contributed by atoms with E-state index in [0.29, 0.717) is 21.2 Å². The van der Waals surface area contributed by atoms with Crippen LogP contribution in [0.3, 0.4) is 0 Å². The van der Waals surface area contributed by atoms with Gasteiger partial charge in [-0.05, 0) is 99.4 Å². The molecule has 11 nitrogen and oxygen atoms in total. The lowest BCUT2D eigenvalue weighted by Gasteiger charge is -2.20. The number of hydrogen-bond acceptors (Lipinski definition) is 10. The maximum Gasteiger partial charge on any atom is 0.519 e. The average molecular weight is 667 g/mol. The van der Waals surface area contributed by atoms with Crippen LogP contribution in [0.5, 0.6) is 0 Å². The van der Waals surface area contributed by atoms with Crippen LogP contribution in [0.15, 0.2) is 36.4 Å². The van der Waals surface area contributed by atoms with Gasteiger partial charge in [0, 0.05) is 22.5 Å². The first kappa shape index (κ1) is 43.2. The SMILES string of the molecule is C.CC(C)(C)OC(=O)OC(=O)OC(C)(C)C.Cc1ccc(C(N)=S)cc1N.Cc1ccc(C(N)=S)cc1NC(=O)OC(C)(C)C. The zero-order valence-corrected chi connectivity index (χ0v) is 29.0. The predicted octanol–water partition coefficient (Wildman–Crippen LogP) is 7.70. The standard InChI is InChI=1S/C13H18N2O2S.C10H18O5.C8H10N2S.CH4/c1-8-5-6-9(11(14)18)7-10(8)15-12(16)17-13(2,3)4;1-9(2,3)14-7(11)13-8(12)15-10(4,5)6;1-5-2-3-6(8(10)11)4-7(5)9;/h5-7H,1-4H3,(H2,14,18)(H,15,16);1-6H3;2-4H,9H2,1H3,(H2,10,11);1H4. The van der Waals surface area contributed by atoms with E-state index in [1.807, 2.05) is 58.9 Å². The van der Waals surface area contributed by atoms with Crippen LogP contribution in [0.1, 0.15) is 92.0 Å². The largest absolute Gasteiger partial charge is 0.519 e. The number of carbonyl (C=O) groups is 3. The van der Waals surface area contributed by atoms with Gasteiger partial charge in [0.15, 0.2) is 0 Å². The summed E-state index contributed by atoms with van der Waals surface area (Å²) in [6, 6.07) is 11.0. The van der Waals surface area contributed by atoms with E-state index >= 15 is 0 Å². The molecule has 45 heavy (non-hydrogen) atoms. The Labute approximate surface area is 278 Å². The summed E-state index contributed by atoms with van der Waals surface area (Å²) >= 11 is 9.69. The lowest BCUT2D eigenvalue weighted by Crippen LogP contribution is -2.29. The number of aryl methyl sites for hydroxylation is 2. The van der Waals surface area contributed by atoms with Crippen LogP contribution < -0.4 is 22.5 Å². The van der Waals surface area contributed by atoms with E-state index in [1.165, 1.54) is 0 Å². The van der Waals surface area contributed by atoms with Crippen LogP contribution in [-0.4, -0.2) is 45.2 Å². The Hall–Kier alpha value is -3.97. The van der Waals surface area contributed by atoms with Crippen LogP contribution >= 0.6 is 24.4 Å². The Morgan fingerprint density at radius 2 is 1.04 bits per heavy atom. The molecule has 2 rings (SSSR count). The fourth-order valence-electron chi connectivity index (χ4n) is 2.73. The van der Waals surface area contributed by atoms with E-state index in [0.717, 1.165) is 22.4 Å². The van der Waals surface area contributed by atoms with Gasteiger partial charge in [-0.2, -0.15) is 0 Å². The topological polar surface area (TPSA) is 178 Å². The second-order valence-corrected chi connectivity index (χ2v) is 13.4. The van der Waals surface area contributed by atoms with Crippen molar-refractivity contribution in [3.63, 3.8) is 0 Å². The normalized spacial score (nSPS) is 10.6. The third kappa shape index (κ3) is 20.6. The van der Waals surface area contributed by atoms with E-state index in [2.05, 4.69) is 10.1 Å². The summed E-state index contributed by atoms with van der Waals surface area (Å²) in [5.74, 6) is 0. The van der Waals surface area contributed by atoms with Crippen LogP contribution in [0.2, 0.25) is 0 Å². The molecule has 7 N–H and O–H groups in total. The summed E-state index contributed by atoms with van der Waals surface area (Å²) in [5.41, 5.74) is 19.6. The summed E-state index contributed by atoms with van der Waals surface area (Å²) in [7, 11) is 0. The molecule has 0 bridgehead atoms. The molecule has 0 aliphatic carbocycles. The highest BCUT2D eigenvalue weighted by atomic mass is 32.1. The van der Waals surface area contributed by atoms with Crippen LogP contribution in [0.4, 0.5) is 25.8 Å². The van der Waals surface area contributed by atoms with Gasteiger partial charge in [-0.3, -0.25) is 5.32 Å². The van der Waals surface area contributed by atoms with Gasteiger partial charge in [-0.15, -0.1) is 0 Å². The molecule has 0 fully saturated rings. The molecule has 0 spiro atoms. The summed E-state index contributed by atoms with van der Waals surface area (Å²) in [6.07, 6.45) is -2.61. The summed E-state index contributed by atoms with van der Waals surface area (Å²) in [5, 5.41) is 2.69. The molecule has 252 valence electrons. The molecule has 0 saturated heterocycles. The fourth-order valence-corrected chi connectivity index (χ4v) is 2.98. The number of nitrogens with two attached hydrogens (primary N) is 3. The number of nitrogen functional groups attached to an aromatic ring is 1. The van der Waals surface area contributed by atoms with Crippen LogP contribution in [-0.2, 0) is 18.9 Å². The Bertz CT molecular complexity index is 1320. The van der Waals surface area contributed by atoms with Crippen molar-refractivity contribution in [3.8, 4) is 0 Å². The number of rotatable bonds is 3. The molecule has 0 saturated carbocycles. The molecule has 0 aliphatic heterocycles. The van der Waals surface area contributed by atoms with E-state index in [4.69, 9.17) is 55.8 Å². The van der Waals surface area contributed by atoms with Crippen LogP contribution in [0.25, 0.3) is 0 Å². The van der Waals surface area contributed by atoms with E-state index in [9.17, 15) is 14.4 Å². The van der Waals surface area contributed by atoms with Crippen LogP contribution in [0, 0.1) is 13.8 Å². The maximum absolute atomic E-state index is 11.7. The third-order valence-corrected chi connectivity index (χ3v) is 5.14. The monoisotopic (exact) mass is 666 g/mol. The molecule has 0 heterocycles. The minimum absolute atomic E-state index is 0. The zero-order valence-electron chi connectivity index (χ0n) is 27.4. The zero-order chi connectivity index (χ0) is 34.6. The molecule has 1 amide bonds. The van der Waals surface area contributed by atoms with Gasteiger partial charge in [-0.25, -0.2) is 14.4 Å². The van der Waals surface area contributed by atoms with Crippen molar-refractivity contribution in [1.82, 2.24) is 0 Å². The Balaban J connectivity index is 0. The van der Waals surface area contributed by atoms with Crippen molar-refractivity contribution in [2.75, 3.05) is 11.1 Å². The molecule has 0 aromatic heterocycles. The van der Waals surface area contributed by atoms with E-state index in [1.54, 1.807) is 53.7 Å². The fraction of sp³-hybridized carbons (Fsp3) is 0.469. The number of amides is 1. The lowest BCUT2D eigenvalue weighted by molar-refractivity contribution is -0.0294. The second kappa shape index (κ2) is 18.1. The van der Waals surface area contributed by atoms with Gasteiger partial charge in [0.05, 0.1) is 0 Å². The quantitative estimate of drug-likeness (QED) is 0.0826. The number of hydrogen-bond donors (Lipinski definition) is 4. The van der Waals surface area contributed by atoms with E-state index < -0.39 is 35.2 Å². The van der Waals surface area contributed by atoms with Crippen molar-refractivity contribution < 1.29 is 33.3 Å². The molecule has 0 aliphatic rings. The van der Waals surface area contributed by atoms with Gasteiger partial charge in [0.25, 0.3) is 0 Å². The number of thiocarbonyl (C=S) groups is 2. The molecular weight excluding hydrogens is 617 g/mol. The summed E-state index contributed by atoms with van der Waals surface area (Å²) < 4.78 is 19.0. The molecule has 13 heteroatoms. The second-order valence-electron chi connectivity index (χ2n) is 12.5. The predicted molar refractivity (Wildman–Crippen MR) is 189 cm³/mol. The molecule has 2 aromatic carbocycles. The van der Waals surface area contributed by atoms with Crippen molar-refractivity contribution in [1.29, 1.82) is 0 Å². The van der Waals surface area contributed by atoms with Gasteiger partial charge < -0.3 is 36.1 Å². The van der Waals surface area contributed by atoms with Gasteiger partial charge in [0.2, 0.25) is 0 Å². The molecule has 0 unspecified atom stereocenters. The maximum atomic E-state index is 11.7. The summed E-state index contributed by atoms with van der Waals surface area (Å²) in [4.78, 5) is 34.4. The Morgan fingerprint density at radius 3 is 1.40 bits per heavy atom. The first-order chi connectivity index (χ1) is 19.8. The highest BCUT2D eigenvalue weighted by Gasteiger charge is 2.24. The summed E-state index contributed by atoms with van der Waals surface area (Å²) in [6.45, 7) is 19.3.